The lowest BCUT2D eigenvalue weighted by Crippen LogP contribution is -2.35. The summed E-state index contributed by atoms with van der Waals surface area (Å²) < 4.78 is 24.7. The van der Waals surface area contributed by atoms with E-state index in [9.17, 15) is 0 Å². The van der Waals surface area contributed by atoms with Gasteiger partial charge in [-0.15, -0.1) is 0 Å². The van der Waals surface area contributed by atoms with Crippen LogP contribution < -0.4 is 40.2 Å². The zero-order chi connectivity index (χ0) is 27.2. The quantitative estimate of drug-likeness (QED) is 0.236. The molecule has 39 heavy (non-hydrogen) atoms. The van der Waals surface area contributed by atoms with Crippen LogP contribution in [0, 0.1) is 0 Å². The first-order valence-electron chi connectivity index (χ1n) is 13.1. The minimum Gasteiger partial charge on any atom is -0.497 e. The van der Waals surface area contributed by atoms with Gasteiger partial charge in [0.15, 0.2) is 0 Å². The third-order valence-electron chi connectivity index (χ3n) is 7.08. The van der Waals surface area contributed by atoms with Crippen LogP contribution in [0.5, 0.6) is 23.0 Å². The Labute approximate surface area is 234 Å². The van der Waals surface area contributed by atoms with Crippen molar-refractivity contribution in [2.45, 2.75) is 18.6 Å². The second kappa shape index (κ2) is 12.8. The fraction of sp³-hybridized carbons (Fsp3) is 0.250. The molecule has 0 amide bonds. The lowest BCUT2D eigenvalue weighted by Gasteiger charge is -2.38. The van der Waals surface area contributed by atoms with Gasteiger partial charge in [0.05, 0.1) is 28.4 Å². The molecule has 1 heterocycles. The van der Waals surface area contributed by atoms with Crippen molar-refractivity contribution in [1.29, 1.82) is 0 Å². The summed E-state index contributed by atoms with van der Waals surface area (Å²) in [4.78, 5) is 0. The molecule has 7 heteroatoms. The number of methoxy groups -OCH3 is 4. The standard InChI is InChI=1S/C32H35NO4P2/c1-34-24-7-15-28(16-8-24)38(29-17-9-25(35-2)10-18-29)32-6-5-23-33(32)39(30-19-11-26(36-3)12-20-30)31-21-13-27(37-4)14-22-31/h7-22,32H,5-6,23H2,1-4H3. The molecule has 0 bridgehead atoms. The monoisotopic (exact) mass is 559 g/mol. The molecular weight excluding hydrogens is 524 g/mol. The van der Waals surface area contributed by atoms with Gasteiger partial charge in [0.2, 0.25) is 0 Å². The third kappa shape index (κ3) is 6.07. The fourth-order valence-corrected chi connectivity index (χ4v) is 10.9. The largest absolute Gasteiger partial charge is 0.497 e. The van der Waals surface area contributed by atoms with E-state index in [1.54, 1.807) is 28.4 Å². The van der Waals surface area contributed by atoms with Crippen LogP contribution in [-0.2, 0) is 0 Å². The molecular formula is C32H35NO4P2. The predicted molar refractivity (Wildman–Crippen MR) is 164 cm³/mol. The van der Waals surface area contributed by atoms with Gasteiger partial charge in [-0.2, -0.15) is 0 Å². The van der Waals surface area contributed by atoms with E-state index in [0.29, 0.717) is 5.78 Å². The molecule has 0 saturated carbocycles. The molecule has 202 valence electrons. The van der Waals surface area contributed by atoms with Crippen molar-refractivity contribution in [3.63, 3.8) is 0 Å². The number of rotatable bonds is 10. The first-order valence-corrected chi connectivity index (χ1v) is 15.8. The molecule has 5 nitrogen and oxygen atoms in total. The lowest BCUT2D eigenvalue weighted by molar-refractivity contribution is 0.414. The highest BCUT2D eigenvalue weighted by Crippen LogP contribution is 2.55. The average Bonchev–Trinajstić information content (AvgIpc) is 3.47. The van der Waals surface area contributed by atoms with Crippen molar-refractivity contribution in [2.75, 3.05) is 35.0 Å². The maximum Gasteiger partial charge on any atom is 0.118 e. The summed E-state index contributed by atoms with van der Waals surface area (Å²) in [7, 11) is 5.43. The van der Waals surface area contributed by atoms with Crippen molar-refractivity contribution in [3.8, 4) is 23.0 Å². The highest BCUT2D eigenvalue weighted by molar-refractivity contribution is 7.75. The maximum atomic E-state index is 5.49. The summed E-state index contributed by atoms with van der Waals surface area (Å²) in [6.45, 7) is 1.06. The van der Waals surface area contributed by atoms with Crippen molar-refractivity contribution < 1.29 is 18.9 Å². The van der Waals surface area contributed by atoms with Gasteiger partial charge in [-0.3, -0.25) is 4.67 Å². The van der Waals surface area contributed by atoms with E-state index < -0.39 is 16.0 Å². The Morgan fingerprint density at radius 2 is 0.846 bits per heavy atom. The number of hydrogen-bond donors (Lipinski definition) is 0. The van der Waals surface area contributed by atoms with Crippen molar-refractivity contribution in [3.05, 3.63) is 97.1 Å². The highest BCUT2D eigenvalue weighted by Gasteiger charge is 2.38. The first-order chi connectivity index (χ1) is 19.1. The SMILES string of the molecule is COc1ccc(P(c2ccc(OC)cc2)C2CCCN2P(c2ccc(OC)cc2)c2ccc(OC)cc2)cc1. The third-order valence-corrected chi connectivity index (χ3v) is 12.7. The predicted octanol–water partition coefficient (Wildman–Crippen LogP) is 5.62. The number of ether oxygens (including phenoxy) is 4. The summed E-state index contributed by atoms with van der Waals surface area (Å²) in [5, 5.41) is 5.35. The van der Waals surface area contributed by atoms with Crippen molar-refractivity contribution in [1.82, 2.24) is 4.67 Å². The normalized spacial score (nSPS) is 15.5. The first kappa shape index (κ1) is 27.5. The Morgan fingerprint density at radius 1 is 0.513 bits per heavy atom. The van der Waals surface area contributed by atoms with Crippen LogP contribution in [0.4, 0.5) is 0 Å². The number of hydrogen-bond acceptors (Lipinski definition) is 5. The molecule has 1 aliphatic rings. The summed E-state index contributed by atoms with van der Waals surface area (Å²) in [6.07, 6.45) is 2.32. The van der Waals surface area contributed by atoms with E-state index in [1.165, 1.54) is 27.6 Å². The van der Waals surface area contributed by atoms with Crippen LogP contribution in [0.2, 0.25) is 0 Å². The van der Waals surface area contributed by atoms with Gasteiger partial charge < -0.3 is 18.9 Å². The van der Waals surface area contributed by atoms with Gasteiger partial charge >= 0.3 is 0 Å². The van der Waals surface area contributed by atoms with Crippen LogP contribution in [0.25, 0.3) is 0 Å². The maximum absolute atomic E-state index is 5.49. The van der Waals surface area contributed by atoms with Gasteiger partial charge in [0.25, 0.3) is 0 Å². The van der Waals surface area contributed by atoms with E-state index >= 15 is 0 Å². The zero-order valence-electron chi connectivity index (χ0n) is 22.9. The Morgan fingerprint density at radius 3 is 1.18 bits per heavy atom. The molecule has 1 unspecified atom stereocenters. The highest BCUT2D eigenvalue weighted by atomic mass is 31.1. The minimum absolute atomic E-state index is 0.386. The molecule has 5 rings (SSSR count). The minimum atomic E-state index is -0.769. The van der Waals surface area contributed by atoms with Gasteiger partial charge in [-0.1, -0.05) is 24.3 Å². The number of nitrogens with zero attached hydrogens (tertiary/aromatic N) is 1. The smallest absolute Gasteiger partial charge is 0.118 e. The van der Waals surface area contributed by atoms with E-state index in [-0.39, 0.29) is 0 Å². The van der Waals surface area contributed by atoms with Gasteiger partial charge in [-0.25, -0.2) is 0 Å². The second-order valence-corrected chi connectivity index (χ2v) is 13.8. The zero-order valence-corrected chi connectivity index (χ0v) is 24.7. The molecule has 0 aliphatic carbocycles. The number of benzene rings is 4. The molecule has 4 aromatic rings. The van der Waals surface area contributed by atoms with Gasteiger partial charge in [0, 0.05) is 20.4 Å². The fourth-order valence-electron chi connectivity index (χ4n) is 5.10. The Balaban J connectivity index is 1.60. The Kier molecular flexibility index (Phi) is 9.04. The van der Waals surface area contributed by atoms with Crippen LogP contribution >= 0.6 is 16.0 Å². The summed E-state index contributed by atoms with van der Waals surface area (Å²) in [6, 6.07) is 34.6. The van der Waals surface area contributed by atoms with Crippen LogP contribution in [-0.4, -0.2) is 45.4 Å². The van der Waals surface area contributed by atoms with E-state index in [4.69, 9.17) is 18.9 Å². The molecule has 0 radical (unpaired) electrons. The van der Waals surface area contributed by atoms with Gasteiger partial charge in [-0.05, 0) is 115 Å². The summed E-state index contributed by atoms with van der Waals surface area (Å²) in [5.41, 5.74) is 0. The molecule has 0 aromatic heterocycles. The van der Waals surface area contributed by atoms with Crippen molar-refractivity contribution in [2.24, 2.45) is 0 Å². The second-order valence-electron chi connectivity index (χ2n) is 9.26. The molecule has 1 aliphatic heterocycles. The van der Waals surface area contributed by atoms with E-state index in [2.05, 4.69) is 102 Å². The Bertz CT molecular complexity index is 1130. The molecule has 0 spiro atoms. The van der Waals surface area contributed by atoms with Crippen LogP contribution in [0.15, 0.2) is 97.1 Å². The molecule has 0 N–H and O–H groups in total. The topological polar surface area (TPSA) is 40.2 Å². The lowest BCUT2D eigenvalue weighted by atomic mass is 10.3. The summed E-state index contributed by atoms with van der Waals surface area (Å²) >= 11 is 0. The van der Waals surface area contributed by atoms with Gasteiger partial charge in [0.1, 0.15) is 23.0 Å². The van der Waals surface area contributed by atoms with Crippen LogP contribution in [0.3, 0.4) is 0 Å². The molecule has 1 atom stereocenters. The van der Waals surface area contributed by atoms with Crippen LogP contribution in [0.1, 0.15) is 12.8 Å². The molecule has 1 saturated heterocycles. The Hall–Kier alpha value is -3.10. The molecule has 1 fully saturated rings. The average molecular weight is 560 g/mol. The van der Waals surface area contributed by atoms with E-state index in [1.807, 2.05) is 0 Å². The molecule has 4 aromatic carbocycles. The van der Waals surface area contributed by atoms with Crippen molar-refractivity contribution >= 4 is 37.2 Å². The van der Waals surface area contributed by atoms with E-state index in [0.717, 1.165) is 36.0 Å². The summed E-state index contributed by atoms with van der Waals surface area (Å²) in [5.74, 6) is 3.90.